The fraction of sp³-hybridized carbons (Fsp3) is 0.583. The zero-order valence-corrected chi connectivity index (χ0v) is 10.2. The predicted octanol–water partition coefficient (Wildman–Crippen LogP) is 2.17. The quantitative estimate of drug-likeness (QED) is 0.704. The first-order valence-corrected chi connectivity index (χ1v) is 6.83. The van der Waals surface area contributed by atoms with Gasteiger partial charge in [-0.15, -0.1) is 11.8 Å². The minimum absolute atomic E-state index is 0.246. The van der Waals surface area contributed by atoms with Gasteiger partial charge in [0.1, 0.15) is 10.8 Å². The van der Waals surface area contributed by atoms with Crippen molar-refractivity contribution < 1.29 is 9.32 Å². The number of nitriles is 1. The van der Waals surface area contributed by atoms with Gasteiger partial charge in [-0.2, -0.15) is 5.26 Å². The van der Waals surface area contributed by atoms with Crippen molar-refractivity contribution in [2.75, 3.05) is 5.75 Å². The lowest BCUT2D eigenvalue weighted by atomic mass is 9.82. The smallest absolute Gasteiger partial charge is 0.187 e. The molecule has 2 heterocycles. The number of thioether (sulfide) groups is 1. The first kappa shape index (κ1) is 10.8. The minimum atomic E-state index is -0.534. The molecule has 4 nitrogen and oxygen atoms in total. The molecule has 0 unspecified atom stereocenters. The lowest BCUT2D eigenvalue weighted by Gasteiger charge is -2.35. The van der Waals surface area contributed by atoms with Crippen LogP contribution in [0, 0.1) is 11.3 Å². The van der Waals surface area contributed by atoms with Crippen LogP contribution in [0.5, 0.6) is 0 Å². The van der Waals surface area contributed by atoms with Crippen LogP contribution in [0.1, 0.15) is 42.7 Å². The maximum atomic E-state index is 12.2. The average molecular weight is 248 g/mol. The molecular weight excluding hydrogens is 236 g/mol. The standard InChI is InChI=1S/C12H12N2O2S/c13-7-9-8-3-1-5-12(11(8)16-14-9)10(15)4-2-6-17-12/h1-6H2/t12-/m0/s1. The first-order chi connectivity index (χ1) is 8.28. The highest BCUT2D eigenvalue weighted by molar-refractivity contribution is 8.01. The first-order valence-electron chi connectivity index (χ1n) is 5.84. The van der Waals surface area contributed by atoms with E-state index >= 15 is 0 Å². The van der Waals surface area contributed by atoms with Crippen LogP contribution in [0.3, 0.4) is 0 Å². The Labute approximate surface area is 103 Å². The fourth-order valence-corrected chi connectivity index (χ4v) is 4.22. The highest BCUT2D eigenvalue weighted by atomic mass is 32.2. The van der Waals surface area contributed by atoms with E-state index in [-0.39, 0.29) is 5.78 Å². The summed E-state index contributed by atoms with van der Waals surface area (Å²) in [6, 6.07) is 2.05. The largest absolute Gasteiger partial charge is 0.358 e. The van der Waals surface area contributed by atoms with E-state index < -0.39 is 4.75 Å². The highest BCUT2D eigenvalue weighted by Crippen LogP contribution is 2.50. The third kappa shape index (κ3) is 1.44. The van der Waals surface area contributed by atoms with E-state index in [4.69, 9.17) is 9.78 Å². The van der Waals surface area contributed by atoms with E-state index in [0.717, 1.165) is 37.0 Å². The van der Waals surface area contributed by atoms with Crippen LogP contribution >= 0.6 is 11.8 Å². The topological polar surface area (TPSA) is 66.9 Å². The molecule has 1 aliphatic heterocycles. The number of Topliss-reactive ketones (excluding diaryl/α,β-unsaturated/α-hetero) is 1. The molecule has 0 bridgehead atoms. The summed E-state index contributed by atoms with van der Waals surface area (Å²) in [6.45, 7) is 0. The van der Waals surface area contributed by atoms with Gasteiger partial charge in [0.2, 0.25) is 0 Å². The zero-order valence-electron chi connectivity index (χ0n) is 9.36. The molecule has 1 aromatic rings. The van der Waals surface area contributed by atoms with Crippen LogP contribution in [0.25, 0.3) is 0 Å². The van der Waals surface area contributed by atoms with Gasteiger partial charge < -0.3 is 4.52 Å². The Balaban J connectivity index is 2.13. The predicted molar refractivity (Wildman–Crippen MR) is 62.5 cm³/mol. The number of carbonyl (C=O) groups is 1. The van der Waals surface area contributed by atoms with Crippen molar-refractivity contribution in [3.63, 3.8) is 0 Å². The molecule has 1 atom stereocenters. The lowest BCUT2D eigenvalue weighted by molar-refractivity contribution is -0.122. The molecule has 88 valence electrons. The molecule has 0 aromatic carbocycles. The summed E-state index contributed by atoms with van der Waals surface area (Å²) >= 11 is 1.67. The Bertz CT molecular complexity index is 517. The normalized spacial score (nSPS) is 27.8. The maximum absolute atomic E-state index is 12.2. The molecule has 1 saturated heterocycles. The van der Waals surface area contributed by atoms with Gasteiger partial charge in [-0.25, -0.2) is 0 Å². The summed E-state index contributed by atoms with van der Waals surface area (Å²) in [6.07, 6.45) is 4.12. The number of carbonyl (C=O) groups excluding carboxylic acids is 1. The van der Waals surface area contributed by atoms with Crippen molar-refractivity contribution in [1.29, 1.82) is 5.26 Å². The number of rotatable bonds is 0. The van der Waals surface area contributed by atoms with Gasteiger partial charge in [0.05, 0.1) is 0 Å². The molecule has 17 heavy (non-hydrogen) atoms. The van der Waals surface area contributed by atoms with Crippen molar-refractivity contribution >= 4 is 17.5 Å². The van der Waals surface area contributed by atoms with Crippen LogP contribution in [0.4, 0.5) is 0 Å². The van der Waals surface area contributed by atoms with Crippen molar-refractivity contribution in [3.8, 4) is 6.07 Å². The Hall–Kier alpha value is -1.28. The van der Waals surface area contributed by atoms with Crippen LogP contribution in [-0.4, -0.2) is 16.7 Å². The molecule has 0 amide bonds. The summed E-state index contributed by atoms with van der Waals surface area (Å²) < 4.78 is 4.79. The monoisotopic (exact) mass is 248 g/mol. The van der Waals surface area contributed by atoms with E-state index in [1.807, 2.05) is 6.07 Å². The van der Waals surface area contributed by atoms with E-state index in [1.54, 1.807) is 11.8 Å². The second-order valence-corrected chi connectivity index (χ2v) is 5.90. The van der Waals surface area contributed by atoms with Crippen LogP contribution in [0.2, 0.25) is 0 Å². The molecule has 3 rings (SSSR count). The van der Waals surface area contributed by atoms with E-state index in [9.17, 15) is 4.79 Å². The molecule has 1 spiro atoms. The molecule has 1 aromatic heterocycles. The molecule has 5 heteroatoms. The Kier molecular flexibility index (Phi) is 2.48. The Morgan fingerprint density at radius 2 is 2.29 bits per heavy atom. The van der Waals surface area contributed by atoms with Gasteiger partial charge in [-0.3, -0.25) is 4.79 Å². The summed E-state index contributed by atoms with van der Waals surface area (Å²) in [5.74, 6) is 1.89. The SMILES string of the molecule is N#Cc1noc2c1CCC[C@@]21SCCCC1=O. The molecule has 2 aliphatic rings. The van der Waals surface area contributed by atoms with Crippen LogP contribution in [-0.2, 0) is 16.0 Å². The van der Waals surface area contributed by atoms with Gasteiger partial charge >= 0.3 is 0 Å². The van der Waals surface area contributed by atoms with E-state index in [2.05, 4.69) is 5.16 Å². The summed E-state index contributed by atoms with van der Waals surface area (Å²) in [4.78, 5) is 12.2. The van der Waals surface area contributed by atoms with Crippen molar-refractivity contribution in [1.82, 2.24) is 5.16 Å². The summed E-state index contributed by atoms with van der Waals surface area (Å²) in [7, 11) is 0. The van der Waals surface area contributed by atoms with Gasteiger partial charge in [0.15, 0.2) is 17.2 Å². The third-order valence-electron chi connectivity index (χ3n) is 3.56. The Morgan fingerprint density at radius 1 is 1.41 bits per heavy atom. The van der Waals surface area contributed by atoms with Crippen molar-refractivity contribution in [3.05, 3.63) is 17.0 Å². The second-order valence-electron chi connectivity index (χ2n) is 4.51. The summed E-state index contributed by atoms with van der Waals surface area (Å²) in [5, 5.41) is 12.8. The molecule has 1 aliphatic carbocycles. The van der Waals surface area contributed by atoms with Gasteiger partial charge in [0, 0.05) is 12.0 Å². The highest BCUT2D eigenvalue weighted by Gasteiger charge is 2.49. The van der Waals surface area contributed by atoms with Gasteiger partial charge in [-0.1, -0.05) is 5.16 Å². The van der Waals surface area contributed by atoms with E-state index in [1.165, 1.54) is 0 Å². The number of nitrogens with zero attached hydrogens (tertiary/aromatic N) is 2. The number of ketones is 1. The third-order valence-corrected chi connectivity index (χ3v) is 5.17. The van der Waals surface area contributed by atoms with Gasteiger partial charge in [0.25, 0.3) is 0 Å². The maximum Gasteiger partial charge on any atom is 0.187 e. The number of aromatic nitrogens is 1. The van der Waals surface area contributed by atoms with Crippen molar-refractivity contribution in [2.45, 2.75) is 36.9 Å². The summed E-state index contributed by atoms with van der Waals surface area (Å²) in [5.41, 5.74) is 1.22. The second kappa shape index (κ2) is 3.88. The number of hydrogen-bond donors (Lipinski definition) is 0. The zero-order chi connectivity index (χ0) is 11.9. The molecule has 0 N–H and O–H groups in total. The average Bonchev–Trinajstić information content (AvgIpc) is 2.77. The molecule has 0 saturated carbocycles. The molecular formula is C12H12N2O2S. The number of fused-ring (bicyclic) bond motifs is 2. The van der Waals surface area contributed by atoms with Crippen LogP contribution < -0.4 is 0 Å². The molecule has 0 radical (unpaired) electrons. The lowest BCUT2D eigenvalue weighted by Crippen LogP contribution is -2.38. The van der Waals surface area contributed by atoms with Crippen LogP contribution in [0.15, 0.2) is 4.52 Å². The molecule has 1 fully saturated rings. The minimum Gasteiger partial charge on any atom is -0.358 e. The van der Waals surface area contributed by atoms with Gasteiger partial charge in [-0.05, 0) is 31.4 Å². The number of hydrogen-bond acceptors (Lipinski definition) is 5. The fourth-order valence-electron chi connectivity index (χ4n) is 2.74. The van der Waals surface area contributed by atoms with Crippen molar-refractivity contribution in [2.24, 2.45) is 0 Å². The Morgan fingerprint density at radius 3 is 3.06 bits per heavy atom. The van der Waals surface area contributed by atoms with E-state index in [0.29, 0.717) is 17.9 Å².